The molecule has 0 bridgehead atoms. The van der Waals surface area contributed by atoms with Crippen LogP contribution in [0.25, 0.3) is 11.1 Å². The standard InChI is InChI=1S/C23H19ClFN5O2S2/c1-13-18(14-6-4-3-5-7-14)19(21(31)32-2)20(34-13)27-23(33)28-22-26-12-30(29-22)11-15-8-9-16(25)10-17(15)24/h3-10,12H,11H2,1-2H3,(H2,27,28,29,33). The van der Waals surface area contributed by atoms with Gasteiger partial charge in [-0.15, -0.1) is 16.4 Å². The van der Waals surface area contributed by atoms with Crippen molar-refractivity contribution in [2.75, 3.05) is 17.7 Å². The molecule has 0 radical (unpaired) electrons. The molecule has 2 heterocycles. The summed E-state index contributed by atoms with van der Waals surface area (Å²) >= 11 is 12.9. The Morgan fingerprint density at radius 1 is 1.24 bits per heavy atom. The minimum Gasteiger partial charge on any atom is -0.465 e. The van der Waals surface area contributed by atoms with Crippen LogP contribution in [0.1, 0.15) is 20.8 Å². The number of halogens is 2. The molecular weight excluding hydrogens is 497 g/mol. The smallest absolute Gasteiger partial charge is 0.341 e. The lowest BCUT2D eigenvalue weighted by molar-refractivity contribution is 0.0603. The molecule has 2 aromatic heterocycles. The first-order chi connectivity index (χ1) is 16.4. The average molecular weight is 516 g/mol. The Balaban J connectivity index is 1.51. The summed E-state index contributed by atoms with van der Waals surface area (Å²) in [5.74, 6) is -0.615. The van der Waals surface area contributed by atoms with Crippen molar-refractivity contribution in [1.82, 2.24) is 14.8 Å². The van der Waals surface area contributed by atoms with Gasteiger partial charge in [0.05, 0.1) is 13.7 Å². The maximum Gasteiger partial charge on any atom is 0.341 e. The summed E-state index contributed by atoms with van der Waals surface area (Å²) in [5, 5.41) is 11.4. The molecule has 2 N–H and O–H groups in total. The Kier molecular flexibility index (Phi) is 7.20. The number of benzene rings is 2. The van der Waals surface area contributed by atoms with Gasteiger partial charge in [-0.1, -0.05) is 48.0 Å². The number of anilines is 2. The Morgan fingerprint density at radius 3 is 2.71 bits per heavy atom. The molecular formula is C23H19ClFN5O2S2. The predicted octanol–water partition coefficient (Wildman–Crippen LogP) is 5.75. The Morgan fingerprint density at radius 2 is 2.00 bits per heavy atom. The summed E-state index contributed by atoms with van der Waals surface area (Å²) in [6.45, 7) is 2.25. The number of carbonyl (C=O) groups excluding carboxylic acids is 1. The number of rotatable bonds is 6. The molecule has 0 amide bonds. The number of aryl methyl sites for hydroxylation is 1. The van der Waals surface area contributed by atoms with Crippen molar-refractivity contribution in [1.29, 1.82) is 0 Å². The first-order valence-corrected chi connectivity index (χ1v) is 11.6. The van der Waals surface area contributed by atoms with Crippen molar-refractivity contribution in [3.8, 4) is 11.1 Å². The van der Waals surface area contributed by atoms with Crippen molar-refractivity contribution < 1.29 is 13.9 Å². The highest BCUT2D eigenvalue weighted by Crippen LogP contribution is 2.40. The molecule has 0 fully saturated rings. The number of thiophene rings is 1. The van der Waals surface area contributed by atoms with Crippen LogP contribution in [-0.2, 0) is 11.3 Å². The van der Waals surface area contributed by atoms with Crippen LogP contribution in [0.15, 0.2) is 54.9 Å². The summed E-state index contributed by atoms with van der Waals surface area (Å²) in [4.78, 5) is 17.8. The lowest BCUT2D eigenvalue weighted by Gasteiger charge is -2.09. The van der Waals surface area contributed by atoms with Gasteiger partial charge < -0.3 is 10.1 Å². The molecule has 0 aliphatic heterocycles. The van der Waals surface area contributed by atoms with Crippen LogP contribution >= 0.6 is 35.2 Å². The Bertz CT molecular complexity index is 1360. The molecule has 0 aliphatic carbocycles. The van der Waals surface area contributed by atoms with Crippen molar-refractivity contribution >= 4 is 57.2 Å². The number of methoxy groups -OCH3 is 1. The molecule has 4 rings (SSSR count). The third kappa shape index (κ3) is 5.24. The third-order valence-electron chi connectivity index (χ3n) is 4.87. The maximum absolute atomic E-state index is 13.3. The number of carbonyl (C=O) groups is 1. The van der Waals surface area contributed by atoms with Crippen LogP contribution in [0, 0.1) is 12.7 Å². The van der Waals surface area contributed by atoms with Gasteiger partial charge in [-0.3, -0.25) is 5.32 Å². The van der Waals surface area contributed by atoms with E-state index in [1.165, 1.54) is 36.9 Å². The van der Waals surface area contributed by atoms with Gasteiger partial charge in [-0.05, 0) is 42.4 Å². The first kappa shape index (κ1) is 23.8. The van der Waals surface area contributed by atoms with Crippen molar-refractivity contribution in [2.24, 2.45) is 0 Å². The molecule has 174 valence electrons. The fourth-order valence-electron chi connectivity index (χ4n) is 3.37. The van der Waals surface area contributed by atoms with E-state index in [-0.39, 0.29) is 11.1 Å². The minimum atomic E-state index is -0.466. The zero-order valence-electron chi connectivity index (χ0n) is 18.1. The van der Waals surface area contributed by atoms with Crippen LogP contribution in [0.4, 0.5) is 15.3 Å². The van der Waals surface area contributed by atoms with Crippen molar-refractivity contribution in [3.05, 3.63) is 81.7 Å². The number of hydrogen-bond acceptors (Lipinski definition) is 6. The number of nitrogens with one attached hydrogen (secondary N) is 2. The molecule has 4 aromatic rings. The summed E-state index contributed by atoms with van der Waals surface area (Å²) < 4.78 is 19.8. The van der Waals surface area contributed by atoms with Crippen LogP contribution in [0.5, 0.6) is 0 Å². The Hall–Kier alpha value is -3.34. The van der Waals surface area contributed by atoms with Gasteiger partial charge in [0.2, 0.25) is 5.95 Å². The van der Waals surface area contributed by atoms with Gasteiger partial charge in [0.1, 0.15) is 22.7 Å². The molecule has 0 unspecified atom stereocenters. The van der Waals surface area contributed by atoms with E-state index >= 15 is 0 Å². The highest BCUT2D eigenvalue weighted by molar-refractivity contribution is 7.80. The zero-order chi connectivity index (χ0) is 24.2. The van der Waals surface area contributed by atoms with E-state index < -0.39 is 11.8 Å². The fourth-order valence-corrected chi connectivity index (χ4v) is 4.92. The molecule has 0 aliphatic rings. The number of esters is 1. The van der Waals surface area contributed by atoms with Gasteiger partial charge in [0, 0.05) is 15.5 Å². The van der Waals surface area contributed by atoms with Gasteiger partial charge in [-0.2, -0.15) is 0 Å². The normalized spacial score (nSPS) is 10.7. The van der Waals surface area contributed by atoms with E-state index in [4.69, 9.17) is 28.6 Å². The molecule has 2 aromatic carbocycles. The molecule has 11 heteroatoms. The third-order valence-corrected chi connectivity index (χ3v) is 6.45. The first-order valence-electron chi connectivity index (χ1n) is 10.0. The van der Waals surface area contributed by atoms with Gasteiger partial charge in [0.25, 0.3) is 0 Å². The SMILES string of the molecule is COC(=O)c1c(NC(=S)Nc2ncn(Cc3ccc(F)cc3Cl)n2)sc(C)c1-c1ccccc1. The summed E-state index contributed by atoms with van der Waals surface area (Å²) in [7, 11) is 1.34. The van der Waals surface area contributed by atoms with Crippen molar-refractivity contribution in [3.63, 3.8) is 0 Å². The van der Waals surface area contributed by atoms with Gasteiger partial charge in [-0.25, -0.2) is 18.9 Å². The topological polar surface area (TPSA) is 81.1 Å². The summed E-state index contributed by atoms with van der Waals surface area (Å²) in [6.07, 6.45) is 1.51. The molecule has 0 atom stereocenters. The Labute approximate surface area is 209 Å². The predicted molar refractivity (Wildman–Crippen MR) is 136 cm³/mol. The molecule has 0 saturated carbocycles. The number of hydrogen-bond donors (Lipinski definition) is 2. The molecule has 0 saturated heterocycles. The minimum absolute atomic E-state index is 0.212. The zero-order valence-corrected chi connectivity index (χ0v) is 20.5. The average Bonchev–Trinajstić information content (AvgIpc) is 3.38. The number of nitrogens with zero attached hydrogens (tertiary/aromatic N) is 3. The van der Waals surface area contributed by atoms with E-state index in [9.17, 15) is 9.18 Å². The van der Waals surface area contributed by atoms with E-state index in [0.717, 1.165) is 16.0 Å². The van der Waals surface area contributed by atoms with Gasteiger partial charge in [0.15, 0.2) is 5.11 Å². The second-order valence-corrected chi connectivity index (χ2v) is 9.22. The highest BCUT2D eigenvalue weighted by atomic mass is 35.5. The molecule has 0 spiro atoms. The summed E-state index contributed by atoms with van der Waals surface area (Å²) in [5.41, 5.74) is 2.81. The highest BCUT2D eigenvalue weighted by Gasteiger charge is 2.24. The van der Waals surface area contributed by atoms with Crippen LogP contribution in [-0.4, -0.2) is 33.0 Å². The monoisotopic (exact) mass is 515 g/mol. The van der Waals surface area contributed by atoms with Crippen LogP contribution in [0.2, 0.25) is 5.02 Å². The fraction of sp³-hybridized carbons (Fsp3) is 0.130. The largest absolute Gasteiger partial charge is 0.465 e. The van der Waals surface area contributed by atoms with Crippen molar-refractivity contribution in [2.45, 2.75) is 13.5 Å². The van der Waals surface area contributed by atoms with Gasteiger partial charge >= 0.3 is 5.97 Å². The maximum atomic E-state index is 13.3. The van der Waals surface area contributed by atoms with E-state index in [2.05, 4.69) is 20.7 Å². The second kappa shape index (κ2) is 10.3. The lowest BCUT2D eigenvalue weighted by Crippen LogP contribution is -2.21. The number of aromatic nitrogens is 3. The molecule has 34 heavy (non-hydrogen) atoms. The van der Waals surface area contributed by atoms with E-state index in [0.29, 0.717) is 27.7 Å². The molecule has 7 nitrogen and oxygen atoms in total. The van der Waals surface area contributed by atoms with Crippen LogP contribution < -0.4 is 10.6 Å². The lowest BCUT2D eigenvalue weighted by atomic mass is 10.0. The second-order valence-electron chi connectivity index (χ2n) is 7.18. The quantitative estimate of drug-likeness (QED) is 0.250. The van der Waals surface area contributed by atoms with E-state index in [1.807, 2.05) is 37.3 Å². The number of ether oxygens (including phenoxy) is 1. The summed E-state index contributed by atoms with van der Waals surface area (Å²) in [6, 6.07) is 13.8. The van der Waals surface area contributed by atoms with Crippen LogP contribution in [0.3, 0.4) is 0 Å². The van der Waals surface area contributed by atoms with E-state index in [1.54, 1.807) is 10.7 Å². The number of thiocarbonyl (C=S) groups is 1.